The van der Waals surface area contributed by atoms with E-state index in [0.29, 0.717) is 19.8 Å². The molecule has 1 N–H and O–H groups in total. The number of rotatable bonds is 8. The van der Waals surface area contributed by atoms with Gasteiger partial charge in [0, 0.05) is 7.11 Å². The molecule has 3 rings (SSSR count). The molecule has 0 saturated heterocycles. The number of carboxylic acid groups (broad SMARTS) is 1. The number of hydrogen-bond acceptors (Lipinski definition) is 3. The molecular weight excluding hydrogens is 304 g/mol. The molecular formula is C20H22O4. The van der Waals surface area contributed by atoms with Crippen LogP contribution in [0, 0.1) is 0 Å². The van der Waals surface area contributed by atoms with Gasteiger partial charge in [0.1, 0.15) is 0 Å². The molecule has 24 heavy (non-hydrogen) atoms. The fourth-order valence-corrected chi connectivity index (χ4v) is 2.97. The van der Waals surface area contributed by atoms with Gasteiger partial charge in [0.05, 0.1) is 25.2 Å². The molecule has 1 fully saturated rings. The van der Waals surface area contributed by atoms with E-state index in [2.05, 4.69) is 12.1 Å². The molecule has 0 spiro atoms. The molecule has 1 aliphatic rings. The van der Waals surface area contributed by atoms with Crippen molar-refractivity contribution in [1.29, 1.82) is 0 Å². The summed E-state index contributed by atoms with van der Waals surface area (Å²) in [7, 11) is 1.66. The SMILES string of the molecule is COCCOCc1ccccc1-c1ccc(C2(C(=O)O)CC2)cc1. The zero-order valence-electron chi connectivity index (χ0n) is 13.8. The maximum Gasteiger partial charge on any atom is 0.314 e. The second-order valence-corrected chi connectivity index (χ2v) is 6.17. The summed E-state index contributed by atoms with van der Waals surface area (Å²) >= 11 is 0. The van der Waals surface area contributed by atoms with Gasteiger partial charge in [-0.1, -0.05) is 48.5 Å². The van der Waals surface area contributed by atoms with E-state index in [-0.39, 0.29) is 0 Å². The van der Waals surface area contributed by atoms with Gasteiger partial charge in [-0.2, -0.15) is 0 Å². The number of carbonyl (C=O) groups is 1. The number of methoxy groups -OCH3 is 1. The standard InChI is InChI=1S/C20H22O4/c1-23-12-13-24-14-16-4-2-3-5-18(16)15-6-8-17(9-7-15)20(10-11-20)19(21)22/h2-9H,10-14H2,1H3,(H,21,22). The van der Waals surface area contributed by atoms with Gasteiger partial charge in [-0.25, -0.2) is 0 Å². The second-order valence-electron chi connectivity index (χ2n) is 6.17. The van der Waals surface area contributed by atoms with Crippen molar-refractivity contribution in [2.75, 3.05) is 20.3 Å². The summed E-state index contributed by atoms with van der Waals surface area (Å²) in [6.45, 7) is 1.67. The molecule has 1 saturated carbocycles. The minimum absolute atomic E-state index is 0.528. The van der Waals surface area contributed by atoms with Gasteiger partial charge >= 0.3 is 5.97 Å². The van der Waals surface area contributed by atoms with Crippen molar-refractivity contribution in [3.8, 4) is 11.1 Å². The first-order chi connectivity index (χ1) is 11.7. The van der Waals surface area contributed by atoms with E-state index in [0.717, 1.165) is 35.1 Å². The number of aliphatic carboxylic acids is 1. The van der Waals surface area contributed by atoms with Crippen molar-refractivity contribution in [3.63, 3.8) is 0 Å². The maximum atomic E-state index is 11.4. The first-order valence-electron chi connectivity index (χ1n) is 8.16. The van der Waals surface area contributed by atoms with Crippen LogP contribution in [0.15, 0.2) is 48.5 Å². The van der Waals surface area contributed by atoms with Crippen LogP contribution < -0.4 is 0 Å². The third kappa shape index (κ3) is 3.35. The average Bonchev–Trinajstić information content (AvgIpc) is 3.41. The fourth-order valence-electron chi connectivity index (χ4n) is 2.97. The molecule has 0 heterocycles. The Morgan fingerprint density at radius 1 is 1.08 bits per heavy atom. The molecule has 126 valence electrons. The highest BCUT2D eigenvalue weighted by molar-refractivity contribution is 5.85. The van der Waals surface area contributed by atoms with Gasteiger partial charge in [-0.05, 0) is 35.1 Å². The van der Waals surface area contributed by atoms with Crippen LogP contribution in [0.1, 0.15) is 24.0 Å². The number of hydrogen-bond donors (Lipinski definition) is 1. The Kier molecular flexibility index (Phi) is 4.97. The molecule has 4 nitrogen and oxygen atoms in total. The lowest BCUT2D eigenvalue weighted by Crippen LogP contribution is -2.19. The third-order valence-corrected chi connectivity index (χ3v) is 4.61. The van der Waals surface area contributed by atoms with E-state index in [9.17, 15) is 9.90 Å². The van der Waals surface area contributed by atoms with E-state index in [1.165, 1.54) is 0 Å². The normalized spacial score (nSPS) is 15.2. The monoisotopic (exact) mass is 326 g/mol. The minimum Gasteiger partial charge on any atom is -0.481 e. The van der Waals surface area contributed by atoms with Crippen molar-refractivity contribution in [2.45, 2.75) is 24.9 Å². The van der Waals surface area contributed by atoms with Crippen molar-refractivity contribution in [2.24, 2.45) is 0 Å². The molecule has 0 amide bonds. The Balaban J connectivity index is 1.78. The molecule has 1 aliphatic carbocycles. The molecule has 0 aromatic heterocycles. The topological polar surface area (TPSA) is 55.8 Å². The molecule has 0 bridgehead atoms. The smallest absolute Gasteiger partial charge is 0.314 e. The summed E-state index contributed by atoms with van der Waals surface area (Å²) in [5, 5.41) is 9.40. The van der Waals surface area contributed by atoms with Crippen LogP contribution in [0.5, 0.6) is 0 Å². The quantitative estimate of drug-likeness (QED) is 0.753. The van der Waals surface area contributed by atoms with Crippen molar-refractivity contribution < 1.29 is 19.4 Å². The van der Waals surface area contributed by atoms with Crippen LogP contribution in [-0.4, -0.2) is 31.4 Å². The van der Waals surface area contributed by atoms with Crippen molar-refractivity contribution in [1.82, 2.24) is 0 Å². The number of carboxylic acids is 1. The van der Waals surface area contributed by atoms with Gasteiger partial charge < -0.3 is 14.6 Å². The van der Waals surface area contributed by atoms with Gasteiger partial charge in [-0.3, -0.25) is 4.79 Å². The molecule has 4 heteroatoms. The van der Waals surface area contributed by atoms with E-state index >= 15 is 0 Å². The van der Waals surface area contributed by atoms with Crippen LogP contribution in [0.4, 0.5) is 0 Å². The minimum atomic E-state index is -0.720. The molecule has 2 aromatic rings. The molecule has 0 aliphatic heterocycles. The Morgan fingerprint density at radius 3 is 2.42 bits per heavy atom. The summed E-state index contributed by atoms with van der Waals surface area (Å²) in [4.78, 5) is 11.4. The summed E-state index contributed by atoms with van der Waals surface area (Å²) in [5.41, 5.74) is 3.54. The average molecular weight is 326 g/mol. The highest BCUT2D eigenvalue weighted by atomic mass is 16.5. The largest absolute Gasteiger partial charge is 0.481 e. The lowest BCUT2D eigenvalue weighted by atomic mass is 9.93. The summed E-state index contributed by atoms with van der Waals surface area (Å²) in [6.07, 6.45) is 1.46. The van der Waals surface area contributed by atoms with Gasteiger partial charge in [0.15, 0.2) is 0 Å². The summed E-state index contributed by atoms with van der Waals surface area (Å²) in [6, 6.07) is 16.0. The lowest BCUT2D eigenvalue weighted by molar-refractivity contribution is -0.140. The van der Waals surface area contributed by atoms with E-state index < -0.39 is 11.4 Å². The third-order valence-electron chi connectivity index (χ3n) is 4.61. The number of benzene rings is 2. The highest BCUT2D eigenvalue weighted by Crippen LogP contribution is 2.48. The summed E-state index contributed by atoms with van der Waals surface area (Å²) < 4.78 is 10.6. The van der Waals surface area contributed by atoms with Crippen LogP contribution in [-0.2, 0) is 26.3 Å². The Bertz CT molecular complexity index is 702. The fraction of sp³-hybridized carbons (Fsp3) is 0.350. The van der Waals surface area contributed by atoms with Gasteiger partial charge in [0.2, 0.25) is 0 Å². The van der Waals surface area contributed by atoms with Crippen LogP contribution in [0.3, 0.4) is 0 Å². The Labute approximate surface area is 142 Å². The molecule has 2 aromatic carbocycles. The molecule has 0 radical (unpaired) electrons. The van der Waals surface area contributed by atoms with E-state index in [1.54, 1.807) is 7.11 Å². The predicted octanol–water partition coefficient (Wildman–Crippen LogP) is 3.63. The van der Waals surface area contributed by atoms with Crippen LogP contribution in [0.25, 0.3) is 11.1 Å². The zero-order chi connectivity index (χ0) is 17.0. The Hall–Kier alpha value is -2.17. The van der Waals surface area contributed by atoms with E-state index in [4.69, 9.17) is 9.47 Å². The molecule has 0 unspecified atom stereocenters. The summed E-state index contributed by atoms with van der Waals surface area (Å²) in [5.74, 6) is -0.720. The first kappa shape index (κ1) is 16.7. The predicted molar refractivity (Wildman–Crippen MR) is 92.0 cm³/mol. The van der Waals surface area contributed by atoms with Gasteiger partial charge in [0.25, 0.3) is 0 Å². The lowest BCUT2D eigenvalue weighted by Gasteiger charge is -2.13. The highest BCUT2D eigenvalue weighted by Gasteiger charge is 2.51. The second kappa shape index (κ2) is 7.16. The number of ether oxygens (including phenoxy) is 2. The zero-order valence-corrected chi connectivity index (χ0v) is 13.8. The Morgan fingerprint density at radius 2 is 1.79 bits per heavy atom. The van der Waals surface area contributed by atoms with Crippen molar-refractivity contribution in [3.05, 3.63) is 59.7 Å². The van der Waals surface area contributed by atoms with E-state index in [1.807, 2.05) is 36.4 Å². The molecule has 0 atom stereocenters. The van der Waals surface area contributed by atoms with Crippen LogP contribution >= 0.6 is 0 Å². The first-order valence-corrected chi connectivity index (χ1v) is 8.16. The maximum absolute atomic E-state index is 11.4. The van der Waals surface area contributed by atoms with Crippen molar-refractivity contribution >= 4 is 5.97 Å². The van der Waals surface area contributed by atoms with Gasteiger partial charge in [-0.15, -0.1) is 0 Å². The van der Waals surface area contributed by atoms with Crippen LogP contribution in [0.2, 0.25) is 0 Å².